The molecule has 1 aromatic heterocycles. The average Bonchev–Trinajstić information content (AvgIpc) is 2.36. The van der Waals surface area contributed by atoms with Crippen molar-refractivity contribution in [1.29, 1.82) is 0 Å². The molecule has 0 aliphatic carbocycles. The van der Waals surface area contributed by atoms with E-state index < -0.39 is 11.0 Å². The number of methoxy groups -OCH3 is 1. The van der Waals surface area contributed by atoms with Crippen LogP contribution in [0.3, 0.4) is 0 Å². The van der Waals surface area contributed by atoms with Gasteiger partial charge in [-0.15, -0.1) is 0 Å². The molecular weight excluding hydrogens is 220 g/mol. The fraction of sp³-hybridized carbons (Fsp3) is 0.167. The third-order valence-corrected chi connectivity index (χ3v) is 2.55. The van der Waals surface area contributed by atoms with E-state index in [1.165, 1.54) is 13.2 Å². The van der Waals surface area contributed by atoms with Crippen LogP contribution < -0.4 is 15.7 Å². The second-order valence-corrected chi connectivity index (χ2v) is 3.61. The molecular formula is C12H12N2O3. The molecule has 0 unspecified atom stereocenters. The van der Waals surface area contributed by atoms with Crippen molar-refractivity contribution in [1.82, 2.24) is 9.78 Å². The molecule has 0 saturated carbocycles. The molecule has 0 fully saturated rings. The number of aromatic amines is 1. The Bertz CT molecular complexity index is 638. The lowest BCUT2D eigenvalue weighted by atomic mass is 10.1. The van der Waals surface area contributed by atoms with Crippen LogP contribution in [0.2, 0.25) is 0 Å². The summed E-state index contributed by atoms with van der Waals surface area (Å²) >= 11 is 0. The summed E-state index contributed by atoms with van der Waals surface area (Å²) in [5.41, 5.74) is -0.0461. The fourth-order valence-electron chi connectivity index (χ4n) is 1.54. The summed E-state index contributed by atoms with van der Waals surface area (Å²) in [5, 5.41) is 2.71. The molecule has 2 rings (SSSR count). The van der Waals surface area contributed by atoms with Crippen molar-refractivity contribution in [2.45, 2.75) is 0 Å². The molecule has 0 saturated heterocycles. The molecule has 0 spiro atoms. The molecule has 0 radical (unpaired) electrons. The summed E-state index contributed by atoms with van der Waals surface area (Å²) in [7, 11) is 3.07. The highest BCUT2D eigenvalue weighted by molar-refractivity contribution is 5.62. The third kappa shape index (κ3) is 1.99. The largest absolute Gasteiger partial charge is 0.497 e. The van der Waals surface area contributed by atoms with Crippen LogP contribution in [0, 0.1) is 0 Å². The second kappa shape index (κ2) is 4.29. The Morgan fingerprint density at radius 3 is 2.41 bits per heavy atom. The van der Waals surface area contributed by atoms with E-state index in [9.17, 15) is 9.59 Å². The van der Waals surface area contributed by atoms with E-state index >= 15 is 0 Å². The summed E-state index contributed by atoms with van der Waals surface area (Å²) < 4.78 is 6.17. The Morgan fingerprint density at radius 2 is 1.82 bits per heavy atom. The number of nitrogens with one attached hydrogen (secondary N) is 1. The van der Waals surface area contributed by atoms with Crippen molar-refractivity contribution >= 4 is 0 Å². The van der Waals surface area contributed by atoms with Gasteiger partial charge in [0, 0.05) is 13.2 Å². The highest BCUT2D eigenvalue weighted by Gasteiger charge is 2.07. The number of ether oxygens (including phenoxy) is 1. The molecule has 1 heterocycles. The van der Waals surface area contributed by atoms with Crippen LogP contribution in [-0.2, 0) is 7.05 Å². The SMILES string of the molecule is COc1ccc(-c2c[nH]n(C)c(=O)c2=O)cc1. The lowest BCUT2D eigenvalue weighted by Crippen LogP contribution is -2.34. The maximum Gasteiger partial charge on any atom is 0.313 e. The minimum atomic E-state index is -0.571. The normalized spacial score (nSPS) is 10.2. The number of aryl methyl sites for hydroxylation is 1. The lowest BCUT2D eigenvalue weighted by Gasteiger charge is -2.04. The van der Waals surface area contributed by atoms with Crippen LogP contribution in [-0.4, -0.2) is 16.9 Å². The van der Waals surface area contributed by atoms with Gasteiger partial charge < -0.3 is 9.84 Å². The Hall–Kier alpha value is -2.30. The van der Waals surface area contributed by atoms with Crippen LogP contribution in [0.4, 0.5) is 0 Å². The maximum absolute atomic E-state index is 11.8. The number of aromatic nitrogens is 2. The first kappa shape index (κ1) is 11.2. The highest BCUT2D eigenvalue weighted by atomic mass is 16.5. The molecule has 0 amide bonds. The second-order valence-electron chi connectivity index (χ2n) is 3.61. The van der Waals surface area contributed by atoms with E-state index in [1.54, 1.807) is 31.4 Å². The Kier molecular flexibility index (Phi) is 2.82. The van der Waals surface area contributed by atoms with Gasteiger partial charge in [0.15, 0.2) is 0 Å². The zero-order valence-electron chi connectivity index (χ0n) is 9.56. The first-order chi connectivity index (χ1) is 8.13. The zero-order valence-corrected chi connectivity index (χ0v) is 9.56. The van der Waals surface area contributed by atoms with Crippen LogP contribution >= 0.6 is 0 Å². The van der Waals surface area contributed by atoms with E-state index in [-0.39, 0.29) is 0 Å². The maximum atomic E-state index is 11.8. The van der Waals surface area contributed by atoms with Gasteiger partial charge in [0.25, 0.3) is 5.43 Å². The standard InChI is InChI=1S/C12H12N2O3/c1-14-12(16)11(15)10(7-13-14)8-3-5-9(17-2)6-4-8/h3-7,13H,1-2H3. The molecule has 1 aromatic carbocycles. The van der Waals surface area contributed by atoms with Crippen molar-refractivity contribution < 1.29 is 4.74 Å². The van der Waals surface area contributed by atoms with Crippen molar-refractivity contribution in [2.75, 3.05) is 7.11 Å². The quantitative estimate of drug-likeness (QED) is 0.777. The van der Waals surface area contributed by atoms with Gasteiger partial charge in [-0.2, -0.15) is 0 Å². The predicted octanol–water partition coefficient (Wildman–Crippen LogP) is 0.749. The van der Waals surface area contributed by atoms with Gasteiger partial charge in [-0.3, -0.25) is 14.3 Å². The van der Waals surface area contributed by atoms with E-state index in [4.69, 9.17) is 4.74 Å². The molecule has 0 aliphatic heterocycles. The Balaban J connectivity index is 2.57. The lowest BCUT2D eigenvalue weighted by molar-refractivity contribution is 0.415. The molecule has 17 heavy (non-hydrogen) atoms. The average molecular weight is 232 g/mol. The number of hydrogen-bond acceptors (Lipinski definition) is 3. The molecule has 0 atom stereocenters. The number of rotatable bonds is 2. The minimum absolute atomic E-state index is 0.357. The first-order valence-electron chi connectivity index (χ1n) is 5.06. The molecule has 1 N–H and O–H groups in total. The third-order valence-electron chi connectivity index (χ3n) is 2.55. The summed E-state index contributed by atoms with van der Waals surface area (Å²) in [6.07, 6.45) is 1.52. The zero-order chi connectivity index (χ0) is 12.4. The number of benzene rings is 1. The van der Waals surface area contributed by atoms with E-state index in [1.807, 2.05) is 0 Å². The number of hydrogen-bond donors (Lipinski definition) is 1. The van der Waals surface area contributed by atoms with E-state index in [2.05, 4.69) is 5.10 Å². The number of H-pyrrole nitrogens is 1. The Labute approximate surface area is 97.3 Å². The van der Waals surface area contributed by atoms with Gasteiger partial charge in [-0.1, -0.05) is 12.1 Å². The fourth-order valence-corrected chi connectivity index (χ4v) is 1.54. The Morgan fingerprint density at radius 1 is 1.18 bits per heavy atom. The topological polar surface area (TPSA) is 64.1 Å². The van der Waals surface area contributed by atoms with Gasteiger partial charge in [0.1, 0.15) is 5.75 Å². The monoisotopic (exact) mass is 232 g/mol. The number of nitrogens with zero attached hydrogens (tertiary/aromatic N) is 1. The van der Waals surface area contributed by atoms with Crippen molar-refractivity contribution in [2.24, 2.45) is 7.05 Å². The smallest absolute Gasteiger partial charge is 0.313 e. The van der Waals surface area contributed by atoms with Gasteiger partial charge >= 0.3 is 5.56 Å². The van der Waals surface area contributed by atoms with Crippen molar-refractivity contribution in [3.05, 3.63) is 51.0 Å². The predicted molar refractivity (Wildman–Crippen MR) is 64.3 cm³/mol. The summed E-state index contributed by atoms with van der Waals surface area (Å²) in [6.45, 7) is 0. The molecule has 0 aliphatic rings. The molecule has 5 heteroatoms. The molecule has 5 nitrogen and oxygen atoms in total. The summed E-state index contributed by atoms with van der Waals surface area (Å²) in [4.78, 5) is 23.2. The summed E-state index contributed by atoms with van der Waals surface area (Å²) in [5.74, 6) is 0.703. The van der Waals surface area contributed by atoms with E-state index in [0.29, 0.717) is 16.9 Å². The van der Waals surface area contributed by atoms with Gasteiger partial charge in [-0.25, -0.2) is 0 Å². The van der Waals surface area contributed by atoms with Gasteiger partial charge in [0.2, 0.25) is 0 Å². The van der Waals surface area contributed by atoms with Crippen molar-refractivity contribution in [3.63, 3.8) is 0 Å². The van der Waals surface area contributed by atoms with E-state index in [0.717, 1.165) is 4.68 Å². The van der Waals surface area contributed by atoms with Gasteiger partial charge in [0.05, 0.1) is 12.7 Å². The first-order valence-corrected chi connectivity index (χ1v) is 5.06. The molecule has 0 bridgehead atoms. The van der Waals surface area contributed by atoms with Crippen molar-refractivity contribution in [3.8, 4) is 16.9 Å². The molecule has 88 valence electrons. The van der Waals surface area contributed by atoms with Gasteiger partial charge in [-0.05, 0) is 17.7 Å². The van der Waals surface area contributed by atoms with Crippen LogP contribution in [0.25, 0.3) is 11.1 Å². The minimum Gasteiger partial charge on any atom is -0.497 e. The highest BCUT2D eigenvalue weighted by Crippen LogP contribution is 2.18. The van der Waals surface area contributed by atoms with Crippen LogP contribution in [0.5, 0.6) is 5.75 Å². The molecule has 2 aromatic rings. The van der Waals surface area contributed by atoms with Crippen LogP contribution in [0.15, 0.2) is 40.1 Å². The summed E-state index contributed by atoms with van der Waals surface area (Å²) in [6, 6.07) is 6.96. The van der Waals surface area contributed by atoms with Crippen LogP contribution in [0.1, 0.15) is 0 Å².